The van der Waals surface area contributed by atoms with Gasteiger partial charge in [-0.3, -0.25) is 4.79 Å². The Balaban J connectivity index is 1.35. The number of hydrogen-bond donors (Lipinski definition) is 1. The number of ether oxygens (including phenoxy) is 2. The summed E-state index contributed by atoms with van der Waals surface area (Å²) in [6.07, 6.45) is 4.56. The SMILES string of the molecule is COc1ccccc1-c1nc(COc2ccc(C(=O)NC3CCCC3)cc2)cs1. The first-order valence-electron chi connectivity index (χ1n) is 9.84. The molecule has 0 aliphatic heterocycles. The molecule has 0 spiro atoms. The highest BCUT2D eigenvalue weighted by Crippen LogP contribution is 2.32. The first-order valence-corrected chi connectivity index (χ1v) is 10.7. The molecule has 5 nitrogen and oxygen atoms in total. The number of thiazole rings is 1. The van der Waals surface area contributed by atoms with Crippen LogP contribution in [0.2, 0.25) is 0 Å². The van der Waals surface area contributed by atoms with Gasteiger partial charge in [0, 0.05) is 17.0 Å². The van der Waals surface area contributed by atoms with Crippen LogP contribution in [-0.2, 0) is 6.61 Å². The molecule has 1 aromatic heterocycles. The maximum absolute atomic E-state index is 12.3. The van der Waals surface area contributed by atoms with E-state index < -0.39 is 0 Å². The molecule has 1 aliphatic rings. The molecule has 4 rings (SSSR count). The lowest BCUT2D eigenvalue weighted by molar-refractivity contribution is 0.0938. The average Bonchev–Trinajstić information content (AvgIpc) is 3.44. The van der Waals surface area contributed by atoms with Crippen LogP contribution in [0.1, 0.15) is 41.7 Å². The van der Waals surface area contributed by atoms with Crippen LogP contribution in [0.5, 0.6) is 11.5 Å². The predicted octanol–water partition coefficient (Wildman–Crippen LogP) is 5.07. The molecular weight excluding hydrogens is 384 g/mol. The van der Waals surface area contributed by atoms with Crippen LogP contribution in [0.15, 0.2) is 53.9 Å². The molecule has 0 bridgehead atoms. The molecule has 1 heterocycles. The van der Waals surface area contributed by atoms with Gasteiger partial charge in [0.05, 0.1) is 18.4 Å². The van der Waals surface area contributed by atoms with Crippen LogP contribution in [0, 0.1) is 0 Å². The van der Waals surface area contributed by atoms with Crippen molar-refractivity contribution in [1.29, 1.82) is 0 Å². The van der Waals surface area contributed by atoms with Crippen LogP contribution in [0.25, 0.3) is 10.6 Å². The van der Waals surface area contributed by atoms with Crippen LogP contribution in [0.3, 0.4) is 0 Å². The van der Waals surface area contributed by atoms with E-state index in [1.807, 2.05) is 41.8 Å². The molecular formula is C23H24N2O3S. The monoisotopic (exact) mass is 408 g/mol. The Kier molecular flexibility index (Phi) is 6.10. The molecule has 1 amide bonds. The van der Waals surface area contributed by atoms with Crippen molar-refractivity contribution in [2.75, 3.05) is 7.11 Å². The normalized spacial score (nSPS) is 14.0. The molecule has 2 aromatic carbocycles. The van der Waals surface area contributed by atoms with Crippen molar-refractivity contribution in [1.82, 2.24) is 10.3 Å². The summed E-state index contributed by atoms with van der Waals surface area (Å²) in [5.74, 6) is 1.51. The number of hydrogen-bond acceptors (Lipinski definition) is 5. The number of carbonyl (C=O) groups is 1. The van der Waals surface area contributed by atoms with E-state index in [4.69, 9.17) is 9.47 Å². The maximum Gasteiger partial charge on any atom is 0.251 e. The number of nitrogens with zero attached hydrogens (tertiary/aromatic N) is 1. The second-order valence-electron chi connectivity index (χ2n) is 7.11. The van der Waals surface area contributed by atoms with E-state index in [2.05, 4.69) is 10.3 Å². The highest BCUT2D eigenvalue weighted by molar-refractivity contribution is 7.13. The molecule has 1 saturated carbocycles. The van der Waals surface area contributed by atoms with Crippen molar-refractivity contribution in [3.8, 4) is 22.1 Å². The van der Waals surface area contributed by atoms with E-state index in [1.54, 1.807) is 30.6 Å². The number of rotatable bonds is 7. The topological polar surface area (TPSA) is 60.5 Å². The summed E-state index contributed by atoms with van der Waals surface area (Å²) in [5.41, 5.74) is 2.50. The minimum Gasteiger partial charge on any atom is -0.496 e. The third-order valence-corrected chi connectivity index (χ3v) is 6.01. The fraction of sp³-hybridized carbons (Fsp3) is 0.304. The first kappa shape index (κ1) is 19.5. The third-order valence-electron chi connectivity index (χ3n) is 5.08. The Hall–Kier alpha value is -2.86. The number of para-hydroxylation sites is 1. The standard InChI is InChI=1S/C23H24N2O3S/c1-27-21-9-5-4-8-20(21)23-25-18(15-29-23)14-28-19-12-10-16(11-13-19)22(26)24-17-6-2-3-7-17/h4-5,8-13,15,17H,2-3,6-7,14H2,1H3,(H,24,26). The van der Waals surface area contributed by atoms with Crippen molar-refractivity contribution in [2.45, 2.75) is 38.3 Å². The number of aromatic nitrogens is 1. The van der Waals surface area contributed by atoms with Gasteiger partial charge in [0.25, 0.3) is 5.91 Å². The van der Waals surface area contributed by atoms with Gasteiger partial charge in [-0.1, -0.05) is 25.0 Å². The van der Waals surface area contributed by atoms with Crippen LogP contribution >= 0.6 is 11.3 Å². The van der Waals surface area contributed by atoms with Crippen molar-refractivity contribution >= 4 is 17.2 Å². The van der Waals surface area contributed by atoms with Crippen LogP contribution in [-0.4, -0.2) is 24.0 Å². The third kappa shape index (κ3) is 4.77. The van der Waals surface area contributed by atoms with Crippen LogP contribution < -0.4 is 14.8 Å². The fourth-order valence-corrected chi connectivity index (χ4v) is 4.35. The van der Waals surface area contributed by atoms with E-state index >= 15 is 0 Å². The molecule has 150 valence electrons. The zero-order chi connectivity index (χ0) is 20.1. The van der Waals surface area contributed by atoms with E-state index in [-0.39, 0.29) is 5.91 Å². The number of benzene rings is 2. The molecule has 29 heavy (non-hydrogen) atoms. The molecule has 0 radical (unpaired) electrons. The zero-order valence-corrected chi connectivity index (χ0v) is 17.2. The molecule has 3 aromatic rings. The molecule has 0 atom stereocenters. The van der Waals surface area contributed by atoms with Gasteiger partial charge in [-0.25, -0.2) is 4.98 Å². The lowest BCUT2D eigenvalue weighted by Crippen LogP contribution is -2.32. The number of carbonyl (C=O) groups excluding carboxylic acids is 1. The largest absolute Gasteiger partial charge is 0.496 e. The van der Waals surface area contributed by atoms with Gasteiger partial charge in [-0.15, -0.1) is 11.3 Å². The summed E-state index contributed by atoms with van der Waals surface area (Å²) in [6.45, 7) is 0.374. The van der Waals surface area contributed by atoms with E-state index in [9.17, 15) is 4.79 Å². The second kappa shape index (κ2) is 9.09. The van der Waals surface area contributed by atoms with E-state index in [1.165, 1.54) is 12.8 Å². The Morgan fingerprint density at radius 2 is 1.90 bits per heavy atom. The molecule has 0 unspecified atom stereocenters. The highest BCUT2D eigenvalue weighted by atomic mass is 32.1. The quantitative estimate of drug-likeness (QED) is 0.593. The zero-order valence-electron chi connectivity index (χ0n) is 16.4. The molecule has 1 aliphatic carbocycles. The summed E-state index contributed by atoms with van der Waals surface area (Å²) in [4.78, 5) is 17.0. The van der Waals surface area contributed by atoms with Gasteiger partial charge in [0.15, 0.2) is 0 Å². The average molecular weight is 409 g/mol. The lowest BCUT2D eigenvalue weighted by atomic mass is 10.1. The lowest BCUT2D eigenvalue weighted by Gasteiger charge is -2.12. The molecule has 1 fully saturated rings. The summed E-state index contributed by atoms with van der Waals surface area (Å²) in [7, 11) is 1.66. The van der Waals surface area contributed by atoms with Gasteiger partial charge in [-0.05, 0) is 49.2 Å². The van der Waals surface area contributed by atoms with E-state index in [0.29, 0.717) is 24.0 Å². The second-order valence-corrected chi connectivity index (χ2v) is 7.97. The predicted molar refractivity (Wildman–Crippen MR) is 115 cm³/mol. The number of nitrogens with one attached hydrogen (secondary N) is 1. The van der Waals surface area contributed by atoms with Gasteiger partial charge in [-0.2, -0.15) is 0 Å². The first-order chi connectivity index (χ1) is 14.2. The van der Waals surface area contributed by atoms with Gasteiger partial charge < -0.3 is 14.8 Å². The van der Waals surface area contributed by atoms with Crippen molar-refractivity contribution in [3.63, 3.8) is 0 Å². The molecule has 1 N–H and O–H groups in total. The highest BCUT2D eigenvalue weighted by Gasteiger charge is 2.18. The Bertz CT molecular complexity index is 962. The summed E-state index contributed by atoms with van der Waals surface area (Å²) in [6, 6.07) is 15.4. The summed E-state index contributed by atoms with van der Waals surface area (Å²) < 4.78 is 11.3. The Morgan fingerprint density at radius 1 is 1.14 bits per heavy atom. The van der Waals surface area contributed by atoms with Crippen molar-refractivity contribution in [3.05, 3.63) is 65.2 Å². The number of amides is 1. The van der Waals surface area contributed by atoms with Gasteiger partial charge in [0.2, 0.25) is 0 Å². The number of methoxy groups -OCH3 is 1. The van der Waals surface area contributed by atoms with Gasteiger partial charge >= 0.3 is 0 Å². The van der Waals surface area contributed by atoms with E-state index in [0.717, 1.165) is 34.9 Å². The minimum absolute atomic E-state index is 0.00981. The van der Waals surface area contributed by atoms with Crippen molar-refractivity contribution in [2.24, 2.45) is 0 Å². The fourth-order valence-electron chi connectivity index (χ4n) is 3.52. The van der Waals surface area contributed by atoms with Gasteiger partial charge in [0.1, 0.15) is 23.1 Å². The van der Waals surface area contributed by atoms with Crippen LogP contribution in [0.4, 0.5) is 0 Å². The maximum atomic E-state index is 12.3. The van der Waals surface area contributed by atoms with Crippen molar-refractivity contribution < 1.29 is 14.3 Å². The summed E-state index contributed by atoms with van der Waals surface area (Å²) >= 11 is 1.56. The minimum atomic E-state index is -0.00981. The molecule has 6 heteroatoms. The molecule has 0 saturated heterocycles. The Labute approximate surface area is 174 Å². The Morgan fingerprint density at radius 3 is 2.66 bits per heavy atom. The smallest absolute Gasteiger partial charge is 0.251 e. The summed E-state index contributed by atoms with van der Waals surface area (Å²) in [5, 5.41) is 6.00.